The lowest BCUT2D eigenvalue weighted by atomic mass is 9.99. The number of likely N-dealkylation sites (tertiary alicyclic amines) is 1. The average Bonchev–Trinajstić information content (AvgIpc) is 3.93. The van der Waals surface area contributed by atoms with Crippen LogP contribution in [0.2, 0.25) is 0 Å². The van der Waals surface area contributed by atoms with Gasteiger partial charge in [-0.25, -0.2) is 9.97 Å². The van der Waals surface area contributed by atoms with Crippen molar-refractivity contribution in [2.75, 3.05) is 65.1 Å². The van der Waals surface area contributed by atoms with Crippen molar-refractivity contribution in [1.29, 1.82) is 0 Å². The number of piperidine rings is 3. The summed E-state index contributed by atoms with van der Waals surface area (Å²) >= 11 is 0. The molecule has 0 radical (unpaired) electrons. The molecule has 2 amide bonds. The third kappa shape index (κ3) is 10.1. The highest BCUT2D eigenvalue weighted by molar-refractivity contribution is 5.99. The molecule has 1 aromatic carbocycles. The van der Waals surface area contributed by atoms with E-state index < -0.39 is 0 Å². The number of carbonyl (C=O) groups excluding carboxylic acids is 2. The molecule has 1 unspecified atom stereocenters. The van der Waals surface area contributed by atoms with E-state index in [9.17, 15) is 14.7 Å². The SMILES string of the molecule is C=CC(=O)N1CCCC(Nc2cc(N3CCCC[C@H]3CCO/C=C/C(=O)Nc3cccc(Nc4cc(N5CCCC[C@H]5CCO)nc5c(CC)cnn45)c3)nc3c(CC)cnn23)C1. The number of nitrogens with one attached hydrogen (secondary N) is 3. The zero-order valence-corrected chi connectivity index (χ0v) is 36.7. The van der Waals surface area contributed by atoms with Crippen LogP contribution in [0.1, 0.15) is 89.2 Å². The Labute approximate surface area is 369 Å². The van der Waals surface area contributed by atoms with E-state index in [0.29, 0.717) is 25.3 Å². The molecule has 3 aliphatic heterocycles. The Hall–Kier alpha value is -6.16. The second-order valence-electron chi connectivity index (χ2n) is 16.8. The largest absolute Gasteiger partial charge is 0.501 e. The van der Waals surface area contributed by atoms with Crippen LogP contribution in [0.25, 0.3) is 11.3 Å². The van der Waals surface area contributed by atoms with Crippen LogP contribution in [0.15, 0.2) is 73.8 Å². The molecule has 0 aliphatic carbocycles. The van der Waals surface area contributed by atoms with Crippen LogP contribution in [0.5, 0.6) is 0 Å². The number of anilines is 6. The summed E-state index contributed by atoms with van der Waals surface area (Å²) < 4.78 is 9.65. The van der Waals surface area contributed by atoms with Gasteiger partial charge in [0, 0.05) is 98.0 Å². The van der Waals surface area contributed by atoms with E-state index in [2.05, 4.69) is 57.3 Å². The molecule has 16 heteroatoms. The van der Waals surface area contributed by atoms with Crippen molar-refractivity contribution in [2.45, 2.75) is 109 Å². The van der Waals surface area contributed by atoms with Gasteiger partial charge in [0.05, 0.1) is 25.3 Å². The highest BCUT2D eigenvalue weighted by atomic mass is 16.5. The van der Waals surface area contributed by atoms with Crippen molar-refractivity contribution in [3.05, 3.63) is 84.9 Å². The van der Waals surface area contributed by atoms with Gasteiger partial charge in [-0.3, -0.25) is 9.59 Å². The number of aliphatic hydroxyl groups excluding tert-OH is 1. The summed E-state index contributed by atoms with van der Waals surface area (Å²) in [6, 6.07) is 12.3. The van der Waals surface area contributed by atoms with E-state index in [1.54, 1.807) is 0 Å². The van der Waals surface area contributed by atoms with Crippen molar-refractivity contribution >= 4 is 57.8 Å². The first kappa shape index (κ1) is 43.5. The fraction of sp³-hybridized carbons (Fsp3) is 0.489. The fourth-order valence-electron chi connectivity index (χ4n) is 9.35. The van der Waals surface area contributed by atoms with Gasteiger partial charge < -0.3 is 40.5 Å². The summed E-state index contributed by atoms with van der Waals surface area (Å²) in [5.74, 6) is 3.09. The second kappa shape index (κ2) is 20.4. The van der Waals surface area contributed by atoms with Crippen molar-refractivity contribution in [3.63, 3.8) is 0 Å². The third-order valence-corrected chi connectivity index (χ3v) is 12.7. The minimum Gasteiger partial charge on any atom is -0.501 e. The zero-order chi connectivity index (χ0) is 43.7. The summed E-state index contributed by atoms with van der Waals surface area (Å²) in [5.41, 5.74) is 5.23. The normalized spacial score (nSPS) is 19.5. The van der Waals surface area contributed by atoms with Gasteiger partial charge in [-0.2, -0.15) is 19.2 Å². The Balaban J connectivity index is 0.891. The molecule has 5 aromatic rings. The zero-order valence-electron chi connectivity index (χ0n) is 36.7. The van der Waals surface area contributed by atoms with Gasteiger partial charge in [0.2, 0.25) is 5.91 Å². The molecular formula is C47H62N12O4. The van der Waals surface area contributed by atoms with Crippen LogP contribution < -0.4 is 25.8 Å². The Morgan fingerprint density at radius 2 is 1.48 bits per heavy atom. The number of ether oxygens (including phenoxy) is 1. The number of rotatable bonds is 17. The fourth-order valence-corrected chi connectivity index (χ4v) is 9.35. The van der Waals surface area contributed by atoms with Crippen molar-refractivity contribution in [1.82, 2.24) is 34.1 Å². The Morgan fingerprint density at radius 3 is 2.14 bits per heavy atom. The van der Waals surface area contributed by atoms with Crippen LogP contribution >= 0.6 is 0 Å². The molecule has 0 saturated carbocycles. The van der Waals surface area contributed by atoms with E-state index in [4.69, 9.17) is 19.8 Å². The van der Waals surface area contributed by atoms with Gasteiger partial charge in [0.15, 0.2) is 11.3 Å². The van der Waals surface area contributed by atoms with Crippen molar-refractivity contribution in [2.24, 2.45) is 0 Å². The molecule has 63 heavy (non-hydrogen) atoms. The standard InChI is InChI=1S/C47H62N12O4/c1-4-33-30-48-58-42(28-40(53-46(33)58)56-22-9-7-16-38(56)18-24-60)50-35-13-11-14-36(27-35)52-44(61)20-26-63-25-19-39-17-8-10-23-57(39)41-29-43(59-47(54-41)34(5-2)31-49-59)51-37-15-12-21-55(32-37)45(62)6-3/h6,11,13-14,20,26-31,37-39,50-51,60H,3-5,7-10,12,15-19,21-25,32H2,1-2H3,(H,52,61)/b26-20+/t37?,38-,39-/m0/s1. The maximum atomic E-state index is 13.1. The lowest BCUT2D eigenvalue weighted by molar-refractivity contribution is -0.127. The first-order valence-electron chi connectivity index (χ1n) is 22.9. The number of aromatic nitrogens is 6. The number of carbonyl (C=O) groups is 2. The number of hydrogen-bond acceptors (Lipinski definition) is 12. The molecule has 4 aromatic heterocycles. The van der Waals surface area contributed by atoms with Crippen LogP contribution in [0.4, 0.5) is 34.6 Å². The lowest BCUT2D eigenvalue weighted by Gasteiger charge is -2.37. The van der Waals surface area contributed by atoms with Crippen LogP contribution in [-0.4, -0.2) is 109 Å². The summed E-state index contributed by atoms with van der Waals surface area (Å²) in [6.45, 7) is 11.6. The molecule has 16 nitrogen and oxygen atoms in total. The topological polar surface area (TPSA) is 170 Å². The first-order chi connectivity index (χ1) is 30.8. The van der Waals surface area contributed by atoms with Gasteiger partial charge in [0.1, 0.15) is 23.3 Å². The molecule has 0 spiro atoms. The molecule has 334 valence electrons. The van der Waals surface area contributed by atoms with E-state index >= 15 is 0 Å². The quantitative estimate of drug-likeness (QED) is 0.0435. The summed E-state index contributed by atoms with van der Waals surface area (Å²) in [5, 5.41) is 29.3. The van der Waals surface area contributed by atoms with Crippen LogP contribution in [0, 0.1) is 0 Å². The predicted molar refractivity (Wildman–Crippen MR) is 248 cm³/mol. The molecular weight excluding hydrogens is 797 g/mol. The number of hydrogen-bond donors (Lipinski definition) is 4. The molecule has 3 saturated heterocycles. The number of nitrogens with zero attached hydrogens (tertiary/aromatic N) is 9. The first-order valence-corrected chi connectivity index (χ1v) is 22.9. The van der Waals surface area contributed by atoms with E-state index in [0.717, 1.165) is 142 Å². The average molecular weight is 859 g/mol. The van der Waals surface area contributed by atoms with Gasteiger partial charge in [-0.1, -0.05) is 26.5 Å². The number of benzene rings is 1. The van der Waals surface area contributed by atoms with Gasteiger partial charge in [-0.15, -0.1) is 0 Å². The molecule has 4 N–H and O–H groups in total. The molecule has 3 aliphatic rings. The predicted octanol–water partition coefficient (Wildman–Crippen LogP) is 6.89. The van der Waals surface area contributed by atoms with Gasteiger partial charge in [-0.05, 0) is 94.9 Å². The van der Waals surface area contributed by atoms with Crippen molar-refractivity contribution in [3.8, 4) is 0 Å². The summed E-state index contributed by atoms with van der Waals surface area (Å²) in [7, 11) is 0. The Morgan fingerprint density at radius 1 is 0.825 bits per heavy atom. The lowest BCUT2D eigenvalue weighted by Crippen LogP contribution is -2.45. The monoisotopic (exact) mass is 859 g/mol. The van der Waals surface area contributed by atoms with Gasteiger partial charge >= 0.3 is 0 Å². The maximum absolute atomic E-state index is 13.1. The minimum atomic E-state index is -0.292. The second-order valence-corrected chi connectivity index (χ2v) is 16.8. The summed E-state index contributed by atoms with van der Waals surface area (Å²) in [4.78, 5) is 42.3. The smallest absolute Gasteiger partial charge is 0.251 e. The molecule has 7 heterocycles. The molecule has 3 atom stereocenters. The Bertz CT molecular complexity index is 2410. The number of aliphatic hydroxyl groups is 1. The number of aryl methyl sites for hydroxylation is 2. The minimum absolute atomic E-state index is 0.0396. The van der Waals surface area contributed by atoms with Crippen LogP contribution in [-0.2, 0) is 27.2 Å². The third-order valence-electron chi connectivity index (χ3n) is 12.7. The molecule has 8 rings (SSSR count). The molecule has 3 fully saturated rings. The summed E-state index contributed by atoms with van der Waals surface area (Å²) in [6.07, 6.45) is 19.5. The van der Waals surface area contributed by atoms with Gasteiger partial charge in [0.25, 0.3) is 5.91 Å². The highest BCUT2D eigenvalue weighted by Crippen LogP contribution is 2.32. The van der Waals surface area contributed by atoms with E-state index in [1.807, 2.05) is 56.7 Å². The number of amides is 2. The number of fused-ring (bicyclic) bond motifs is 2. The Kier molecular flexibility index (Phi) is 14.0. The van der Waals surface area contributed by atoms with E-state index in [-0.39, 0.29) is 36.5 Å². The highest BCUT2D eigenvalue weighted by Gasteiger charge is 2.28. The van der Waals surface area contributed by atoms with Crippen LogP contribution in [0.3, 0.4) is 0 Å². The van der Waals surface area contributed by atoms with E-state index in [1.165, 1.54) is 18.4 Å². The maximum Gasteiger partial charge on any atom is 0.251 e. The van der Waals surface area contributed by atoms with Crippen molar-refractivity contribution < 1.29 is 19.4 Å². The molecule has 0 bridgehead atoms.